The van der Waals surface area contributed by atoms with E-state index in [2.05, 4.69) is 19.2 Å². The second kappa shape index (κ2) is 8.70. The third kappa shape index (κ3) is 4.75. The number of anilines is 1. The van der Waals surface area contributed by atoms with E-state index in [1.807, 2.05) is 26.0 Å². The number of carbonyl (C=O) groups is 1. The zero-order chi connectivity index (χ0) is 18.4. The average Bonchev–Trinajstić information content (AvgIpc) is 2.84. The zero-order valence-electron chi connectivity index (χ0n) is 16.4. The third-order valence-electron chi connectivity index (χ3n) is 5.33. The molecule has 4 heteroatoms. The Balaban J connectivity index is 2.17. The smallest absolute Gasteiger partial charge is 0.256 e. The molecule has 1 saturated carbocycles. The van der Waals surface area contributed by atoms with Gasteiger partial charge in [-0.2, -0.15) is 0 Å². The number of methoxy groups -OCH3 is 1. The number of amides is 1. The molecule has 2 rings (SSSR count). The summed E-state index contributed by atoms with van der Waals surface area (Å²) < 4.78 is 11.7. The van der Waals surface area contributed by atoms with Crippen LogP contribution in [0.5, 0.6) is 5.75 Å². The Bertz CT molecular complexity index is 566. The van der Waals surface area contributed by atoms with Crippen LogP contribution in [0, 0.1) is 13.8 Å². The Kier molecular flexibility index (Phi) is 6.88. The Morgan fingerprint density at radius 1 is 1.16 bits per heavy atom. The van der Waals surface area contributed by atoms with Crippen LogP contribution in [0.15, 0.2) is 12.1 Å². The molecule has 1 amide bonds. The van der Waals surface area contributed by atoms with E-state index in [1.165, 1.54) is 12.8 Å². The number of rotatable bonds is 6. The molecule has 140 valence electrons. The van der Waals surface area contributed by atoms with Crippen LogP contribution in [0.4, 0.5) is 5.69 Å². The average molecular weight is 347 g/mol. The van der Waals surface area contributed by atoms with Crippen molar-refractivity contribution in [3.63, 3.8) is 0 Å². The summed E-state index contributed by atoms with van der Waals surface area (Å²) in [5.41, 5.74) is 2.22. The molecule has 0 unspecified atom stereocenters. The molecule has 1 aromatic rings. The molecule has 0 aromatic heterocycles. The molecule has 25 heavy (non-hydrogen) atoms. The van der Waals surface area contributed by atoms with Crippen LogP contribution in [0.25, 0.3) is 0 Å². The zero-order valence-corrected chi connectivity index (χ0v) is 16.4. The van der Waals surface area contributed by atoms with Gasteiger partial charge in [0.1, 0.15) is 11.4 Å². The van der Waals surface area contributed by atoms with E-state index in [0.29, 0.717) is 0 Å². The van der Waals surface area contributed by atoms with Gasteiger partial charge in [-0.15, -0.1) is 0 Å². The number of hydrogen-bond donors (Lipinski definition) is 1. The minimum atomic E-state index is -0.690. The standard InChI is InChI=1S/C21H33NO3/c1-6-17(4)25-19-15(2)13-18(14-16(19)3)22-20(23)21(24-5)11-9-7-8-10-12-21/h13-14,17H,6-12H2,1-5H3,(H,22,23)/t17-/m1/s1. The highest BCUT2D eigenvalue weighted by Crippen LogP contribution is 2.33. The second-order valence-electron chi connectivity index (χ2n) is 7.34. The topological polar surface area (TPSA) is 47.6 Å². The van der Waals surface area contributed by atoms with Gasteiger partial charge < -0.3 is 14.8 Å². The fourth-order valence-corrected chi connectivity index (χ4v) is 3.56. The lowest BCUT2D eigenvalue weighted by atomic mass is 9.93. The van der Waals surface area contributed by atoms with Crippen molar-refractivity contribution in [3.8, 4) is 5.75 Å². The molecular weight excluding hydrogens is 314 g/mol. The van der Waals surface area contributed by atoms with Gasteiger partial charge in [-0.25, -0.2) is 0 Å². The van der Waals surface area contributed by atoms with Crippen molar-refractivity contribution in [2.75, 3.05) is 12.4 Å². The van der Waals surface area contributed by atoms with Gasteiger partial charge in [0.2, 0.25) is 0 Å². The monoisotopic (exact) mass is 347 g/mol. The minimum absolute atomic E-state index is 0.0219. The van der Waals surface area contributed by atoms with Gasteiger partial charge in [-0.1, -0.05) is 32.6 Å². The molecule has 0 saturated heterocycles. The van der Waals surface area contributed by atoms with Crippen LogP contribution < -0.4 is 10.1 Å². The van der Waals surface area contributed by atoms with E-state index in [1.54, 1.807) is 7.11 Å². The van der Waals surface area contributed by atoms with E-state index in [-0.39, 0.29) is 12.0 Å². The van der Waals surface area contributed by atoms with Gasteiger partial charge >= 0.3 is 0 Å². The van der Waals surface area contributed by atoms with E-state index in [9.17, 15) is 4.79 Å². The second-order valence-corrected chi connectivity index (χ2v) is 7.34. The lowest BCUT2D eigenvalue weighted by molar-refractivity contribution is -0.139. The molecule has 1 N–H and O–H groups in total. The normalized spacial score (nSPS) is 18.3. The number of carbonyl (C=O) groups excluding carboxylic acids is 1. The van der Waals surface area contributed by atoms with E-state index in [4.69, 9.17) is 9.47 Å². The summed E-state index contributed by atoms with van der Waals surface area (Å²) in [5, 5.41) is 3.09. The molecule has 0 aliphatic heterocycles. The predicted octanol–water partition coefficient (Wildman–Crippen LogP) is 5.16. The van der Waals surface area contributed by atoms with Gasteiger partial charge in [-0.05, 0) is 63.3 Å². The maximum atomic E-state index is 12.9. The highest BCUT2D eigenvalue weighted by Gasteiger charge is 2.38. The first kappa shape index (κ1) is 19.8. The van der Waals surface area contributed by atoms with Crippen molar-refractivity contribution < 1.29 is 14.3 Å². The van der Waals surface area contributed by atoms with Crippen LogP contribution >= 0.6 is 0 Å². The number of hydrogen-bond acceptors (Lipinski definition) is 3. The van der Waals surface area contributed by atoms with Gasteiger partial charge in [0.25, 0.3) is 5.91 Å². The highest BCUT2D eigenvalue weighted by molar-refractivity contribution is 5.97. The molecule has 0 spiro atoms. The molecule has 0 radical (unpaired) electrons. The number of aryl methyl sites for hydroxylation is 2. The Hall–Kier alpha value is -1.55. The van der Waals surface area contributed by atoms with Gasteiger partial charge in [-0.3, -0.25) is 4.79 Å². The van der Waals surface area contributed by atoms with Crippen LogP contribution in [-0.4, -0.2) is 24.7 Å². The van der Waals surface area contributed by atoms with Gasteiger partial charge in [0.15, 0.2) is 0 Å². The van der Waals surface area contributed by atoms with E-state index in [0.717, 1.165) is 54.7 Å². The van der Waals surface area contributed by atoms with Crippen molar-refractivity contribution >= 4 is 11.6 Å². The Morgan fingerprint density at radius 3 is 2.20 bits per heavy atom. The molecule has 1 aliphatic rings. The summed E-state index contributed by atoms with van der Waals surface area (Å²) in [4.78, 5) is 12.9. The summed E-state index contributed by atoms with van der Waals surface area (Å²) in [6.45, 7) is 8.24. The molecule has 4 nitrogen and oxygen atoms in total. The van der Waals surface area contributed by atoms with E-state index >= 15 is 0 Å². The molecule has 0 bridgehead atoms. The first-order valence-corrected chi connectivity index (χ1v) is 9.56. The Labute approximate surface area is 152 Å². The van der Waals surface area contributed by atoms with Gasteiger partial charge in [0, 0.05) is 12.8 Å². The SMILES string of the molecule is CC[C@@H](C)Oc1c(C)cc(NC(=O)C2(OC)CCCCCC2)cc1C. The third-order valence-corrected chi connectivity index (χ3v) is 5.33. The summed E-state index contributed by atoms with van der Waals surface area (Å²) in [5.74, 6) is 0.898. The minimum Gasteiger partial charge on any atom is -0.490 e. The number of nitrogens with one attached hydrogen (secondary N) is 1. The summed E-state index contributed by atoms with van der Waals surface area (Å²) in [6.07, 6.45) is 7.18. The largest absolute Gasteiger partial charge is 0.490 e. The Morgan fingerprint density at radius 2 is 1.72 bits per heavy atom. The fraction of sp³-hybridized carbons (Fsp3) is 0.667. The summed E-state index contributed by atoms with van der Waals surface area (Å²) >= 11 is 0. The maximum Gasteiger partial charge on any atom is 0.256 e. The van der Waals surface area contributed by atoms with Crippen molar-refractivity contribution in [3.05, 3.63) is 23.3 Å². The van der Waals surface area contributed by atoms with Crippen LogP contribution in [0.3, 0.4) is 0 Å². The van der Waals surface area contributed by atoms with E-state index < -0.39 is 5.60 Å². The van der Waals surface area contributed by atoms with Crippen LogP contribution in [0.1, 0.15) is 69.9 Å². The summed E-state index contributed by atoms with van der Waals surface area (Å²) in [6, 6.07) is 3.98. The number of ether oxygens (including phenoxy) is 2. The molecule has 1 fully saturated rings. The molecule has 1 aromatic carbocycles. The van der Waals surface area contributed by atoms with Crippen LogP contribution in [-0.2, 0) is 9.53 Å². The lowest BCUT2D eigenvalue weighted by Gasteiger charge is -2.30. The maximum absolute atomic E-state index is 12.9. The summed E-state index contributed by atoms with van der Waals surface area (Å²) in [7, 11) is 1.66. The van der Waals surface area contributed by atoms with Crippen LogP contribution in [0.2, 0.25) is 0 Å². The molecule has 1 atom stereocenters. The highest BCUT2D eigenvalue weighted by atomic mass is 16.5. The first-order chi connectivity index (χ1) is 11.9. The van der Waals surface area contributed by atoms with Crippen molar-refractivity contribution in [1.29, 1.82) is 0 Å². The lowest BCUT2D eigenvalue weighted by Crippen LogP contribution is -2.44. The van der Waals surface area contributed by atoms with Crippen molar-refractivity contribution in [2.24, 2.45) is 0 Å². The van der Waals surface area contributed by atoms with Crippen molar-refractivity contribution in [1.82, 2.24) is 0 Å². The first-order valence-electron chi connectivity index (χ1n) is 9.56. The fourth-order valence-electron chi connectivity index (χ4n) is 3.56. The molecule has 0 heterocycles. The predicted molar refractivity (Wildman–Crippen MR) is 102 cm³/mol. The van der Waals surface area contributed by atoms with Gasteiger partial charge in [0.05, 0.1) is 6.10 Å². The molecular formula is C21H33NO3. The van der Waals surface area contributed by atoms with Crippen molar-refractivity contribution in [2.45, 2.75) is 84.3 Å². The quantitative estimate of drug-likeness (QED) is 0.723. The molecule has 1 aliphatic carbocycles. The number of benzene rings is 1.